The van der Waals surface area contributed by atoms with Gasteiger partial charge in [-0.15, -0.1) is 0 Å². The van der Waals surface area contributed by atoms with E-state index in [-0.39, 0.29) is 0 Å². The average Bonchev–Trinajstić information content (AvgIpc) is 2.95. The molecule has 4 heteroatoms. The smallest absolute Gasteiger partial charge is 0.162 e. The molecular formula is C17H25ClO3. The molecule has 0 aromatic heterocycles. The molecule has 1 unspecified atom stereocenters. The van der Waals surface area contributed by atoms with Crippen LogP contribution in [0.2, 0.25) is 5.02 Å². The average molecular weight is 313 g/mol. The summed E-state index contributed by atoms with van der Waals surface area (Å²) in [5.41, 5.74) is 0.746. The molecule has 118 valence electrons. The van der Waals surface area contributed by atoms with Crippen LogP contribution < -0.4 is 9.47 Å². The molecule has 1 fully saturated rings. The van der Waals surface area contributed by atoms with Gasteiger partial charge < -0.3 is 14.6 Å². The van der Waals surface area contributed by atoms with Crippen molar-refractivity contribution in [2.75, 3.05) is 13.2 Å². The van der Waals surface area contributed by atoms with Crippen LogP contribution in [0, 0.1) is 5.92 Å². The Bertz CT molecular complexity index is 456. The summed E-state index contributed by atoms with van der Waals surface area (Å²) in [7, 11) is 0. The Morgan fingerprint density at radius 2 is 1.71 bits per heavy atom. The second-order valence-electron chi connectivity index (χ2n) is 5.59. The van der Waals surface area contributed by atoms with Crippen molar-refractivity contribution in [1.29, 1.82) is 0 Å². The third-order valence-corrected chi connectivity index (χ3v) is 4.38. The first-order valence-corrected chi connectivity index (χ1v) is 8.30. The van der Waals surface area contributed by atoms with Gasteiger partial charge in [0.1, 0.15) is 0 Å². The van der Waals surface area contributed by atoms with Gasteiger partial charge in [-0.2, -0.15) is 0 Å². The summed E-state index contributed by atoms with van der Waals surface area (Å²) < 4.78 is 11.2. The van der Waals surface area contributed by atoms with Crippen molar-refractivity contribution in [3.8, 4) is 11.5 Å². The van der Waals surface area contributed by atoms with Crippen LogP contribution in [0.5, 0.6) is 11.5 Å². The fourth-order valence-corrected chi connectivity index (χ4v) is 3.31. The van der Waals surface area contributed by atoms with Gasteiger partial charge in [-0.3, -0.25) is 0 Å². The van der Waals surface area contributed by atoms with Crippen molar-refractivity contribution < 1.29 is 14.6 Å². The topological polar surface area (TPSA) is 38.7 Å². The molecule has 1 atom stereocenters. The Morgan fingerprint density at radius 3 is 2.29 bits per heavy atom. The van der Waals surface area contributed by atoms with Crippen molar-refractivity contribution >= 4 is 11.6 Å². The van der Waals surface area contributed by atoms with Crippen LogP contribution in [-0.2, 0) is 0 Å². The lowest BCUT2D eigenvalue weighted by atomic mass is 9.95. The van der Waals surface area contributed by atoms with Gasteiger partial charge in [-0.25, -0.2) is 0 Å². The predicted octanol–water partition coefficient (Wildman–Crippen LogP) is 4.75. The largest absolute Gasteiger partial charge is 0.490 e. The third-order valence-electron chi connectivity index (χ3n) is 4.05. The summed E-state index contributed by atoms with van der Waals surface area (Å²) in [4.78, 5) is 0. The van der Waals surface area contributed by atoms with Gasteiger partial charge >= 0.3 is 0 Å². The van der Waals surface area contributed by atoms with Crippen LogP contribution in [0.15, 0.2) is 12.1 Å². The summed E-state index contributed by atoms with van der Waals surface area (Å²) in [6, 6.07) is 3.58. The Balaban J connectivity index is 2.18. The predicted molar refractivity (Wildman–Crippen MR) is 85.3 cm³/mol. The van der Waals surface area contributed by atoms with E-state index < -0.39 is 6.10 Å². The van der Waals surface area contributed by atoms with Gasteiger partial charge in [-0.1, -0.05) is 37.3 Å². The molecule has 0 bridgehead atoms. The molecule has 0 heterocycles. The van der Waals surface area contributed by atoms with E-state index in [1.54, 1.807) is 6.07 Å². The summed E-state index contributed by atoms with van der Waals surface area (Å²) in [5.74, 6) is 1.91. The maximum atomic E-state index is 10.5. The first-order chi connectivity index (χ1) is 10.2. The Hall–Kier alpha value is -0.930. The van der Waals surface area contributed by atoms with E-state index in [1.807, 2.05) is 19.9 Å². The normalized spacial score (nSPS) is 17.0. The van der Waals surface area contributed by atoms with E-state index in [2.05, 4.69) is 0 Å². The molecule has 2 rings (SSSR count). The van der Waals surface area contributed by atoms with E-state index in [4.69, 9.17) is 21.1 Å². The van der Waals surface area contributed by atoms with Crippen LogP contribution in [0.1, 0.15) is 57.6 Å². The Labute approximate surface area is 132 Å². The number of aliphatic hydroxyl groups is 1. The number of rotatable bonds is 7. The minimum atomic E-state index is -0.532. The first kappa shape index (κ1) is 16.4. The minimum Gasteiger partial charge on any atom is -0.490 e. The second-order valence-corrected chi connectivity index (χ2v) is 6.00. The zero-order valence-corrected chi connectivity index (χ0v) is 13.7. The third kappa shape index (κ3) is 4.27. The second kappa shape index (κ2) is 7.90. The lowest BCUT2D eigenvalue weighted by Crippen LogP contribution is -2.06. The van der Waals surface area contributed by atoms with Crippen LogP contribution in [0.4, 0.5) is 0 Å². The van der Waals surface area contributed by atoms with E-state index in [0.29, 0.717) is 35.7 Å². The van der Waals surface area contributed by atoms with Crippen molar-refractivity contribution in [2.24, 2.45) is 5.92 Å². The number of halogens is 1. The molecule has 3 nitrogen and oxygen atoms in total. The highest BCUT2D eigenvalue weighted by Crippen LogP contribution is 2.40. The molecule has 1 aliphatic rings. The van der Waals surface area contributed by atoms with Crippen LogP contribution in [0.3, 0.4) is 0 Å². The quantitative estimate of drug-likeness (QED) is 0.789. The van der Waals surface area contributed by atoms with Gasteiger partial charge in [0.2, 0.25) is 0 Å². The fourth-order valence-electron chi connectivity index (χ4n) is 3.03. The monoisotopic (exact) mass is 312 g/mol. The molecule has 0 aliphatic heterocycles. The van der Waals surface area contributed by atoms with Crippen molar-refractivity contribution in [3.63, 3.8) is 0 Å². The number of hydrogen-bond acceptors (Lipinski definition) is 3. The molecule has 0 amide bonds. The van der Waals surface area contributed by atoms with Crippen molar-refractivity contribution in [1.82, 2.24) is 0 Å². The maximum Gasteiger partial charge on any atom is 0.162 e. The van der Waals surface area contributed by atoms with Gasteiger partial charge in [0.25, 0.3) is 0 Å². The van der Waals surface area contributed by atoms with E-state index >= 15 is 0 Å². The molecule has 0 radical (unpaired) electrons. The number of hydrogen-bond donors (Lipinski definition) is 1. The van der Waals surface area contributed by atoms with Crippen LogP contribution in [0.25, 0.3) is 0 Å². The molecule has 1 saturated carbocycles. The molecule has 0 saturated heterocycles. The lowest BCUT2D eigenvalue weighted by molar-refractivity contribution is 0.144. The van der Waals surface area contributed by atoms with Crippen LogP contribution in [-0.4, -0.2) is 18.3 Å². The highest BCUT2D eigenvalue weighted by molar-refractivity contribution is 6.31. The van der Waals surface area contributed by atoms with Gasteiger partial charge in [-0.05, 0) is 32.3 Å². The van der Waals surface area contributed by atoms with Gasteiger partial charge in [0, 0.05) is 11.6 Å². The number of aliphatic hydroxyl groups excluding tert-OH is 1. The molecular weight excluding hydrogens is 288 g/mol. The van der Waals surface area contributed by atoms with Gasteiger partial charge in [0.05, 0.1) is 24.3 Å². The molecule has 21 heavy (non-hydrogen) atoms. The maximum absolute atomic E-state index is 10.5. The zero-order valence-electron chi connectivity index (χ0n) is 12.9. The lowest BCUT2D eigenvalue weighted by Gasteiger charge is -2.19. The minimum absolute atomic E-state index is 0.532. The van der Waals surface area contributed by atoms with Gasteiger partial charge in [0.15, 0.2) is 11.5 Å². The number of benzene rings is 1. The van der Waals surface area contributed by atoms with E-state index in [9.17, 15) is 5.11 Å². The van der Waals surface area contributed by atoms with E-state index in [0.717, 1.165) is 12.0 Å². The Kier molecular flexibility index (Phi) is 6.19. The fraction of sp³-hybridized carbons (Fsp3) is 0.647. The summed E-state index contributed by atoms with van der Waals surface area (Å²) in [5, 5.41) is 11.0. The first-order valence-electron chi connectivity index (χ1n) is 7.92. The SMILES string of the molecule is CCOc1cc(Cl)c(C(O)CC2CCCC2)cc1OCC. The molecule has 0 spiro atoms. The molecule has 1 aromatic rings. The molecule has 1 N–H and O–H groups in total. The zero-order chi connectivity index (χ0) is 15.2. The highest BCUT2D eigenvalue weighted by Gasteiger charge is 2.22. The summed E-state index contributed by atoms with van der Waals surface area (Å²) >= 11 is 6.32. The molecule has 1 aliphatic carbocycles. The van der Waals surface area contributed by atoms with Crippen molar-refractivity contribution in [2.45, 2.75) is 52.1 Å². The summed E-state index contributed by atoms with van der Waals surface area (Å²) in [6.45, 7) is 4.96. The molecule has 1 aromatic carbocycles. The van der Waals surface area contributed by atoms with E-state index in [1.165, 1.54) is 25.7 Å². The summed E-state index contributed by atoms with van der Waals surface area (Å²) in [6.07, 6.45) is 5.22. The van der Waals surface area contributed by atoms with Crippen molar-refractivity contribution in [3.05, 3.63) is 22.7 Å². The standard InChI is InChI=1S/C17H25ClO3/c1-3-20-16-10-13(14(18)11-17(16)21-4-2)15(19)9-12-7-5-6-8-12/h10-12,15,19H,3-9H2,1-2H3. The van der Waals surface area contributed by atoms with Crippen LogP contribution >= 0.6 is 11.6 Å². The number of ether oxygens (including phenoxy) is 2. The highest BCUT2D eigenvalue weighted by atomic mass is 35.5. The Morgan fingerprint density at radius 1 is 1.14 bits per heavy atom.